The SMILES string of the molecule is CC(S)C1CCC2/C(=C/C=C3/CCCC(O)C3)CCCC21C.CCC(C)(C)O.CF.CO. The molecule has 0 aromatic rings. The fraction of sp³-hybridized carbons (Fsp3) is 0.852. The third kappa shape index (κ3) is 9.87. The van der Waals surface area contributed by atoms with E-state index in [0.29, 0.717) is 17.8 Å². The van der Waals surface area contributed by atoms with Gasteiger partial charge in [-0.05, 0) is 95.3 Å². The number of allylic oxidation sites excluding steroid dienone is 3. The summed E-state index contributed by atoms with van der Waals surface area (Å²) in [6.07, 6.45) is 16.4. The monoisotopic (exact) mass is 474 g/mol. The third-order valence-corrected chi connectivity index (χ3v) is 7.91. The molecular formula is C27H51FO3S. The van der Waals surface area contributed by atoms with Crippen LogP contribution >= 0.6 is 12.6 Å². The van der Waals surface area contributed by atoms with Gasteiger partial charge in [0.1, 0.15) is 0 Å². The van der Waals surface area contributed by atoms with Crippen molar-refractivity contribution in [2.24, 2.45) is 17.3 Å². The number of alkyl halides is 1. The molecule has 0 saturated heterocycles. The van der Waals surface area contributed by atoms with Crippen LogP contribution in [-0.2, 0) is 0 Å². The van der Waals surface area contributed by atoms with Gasteiger partial charge in [-0.25, -0.2) is 0 Å². The highest BCUT2D eigenvalue weighted by atomic mass is 32.1. The Balaban J connectivity index is 0.000000824. The van der Waals surface area contributed by atoms with Gasteiger partial charge in [-0.15, -0.1) is 0 Å². The van der Waals surface area contributed by atoms with Gasteiger partial charge in [0, 0.05) is 12.4 Å². The Kier molecular flexibility index (Phi) is 15.4. The molecule has 3 nitrogen and oxygen atoms in total. The average molecular weight is 475 g/mol. The number of fused-ring (bicyclic) bond motifs is 1. The van der Waals surface area contributed by atoms with Gasteiger partial charge in [0.15, 0.2) is 0 Å². The Morgan fingerprint density at radius 3 is 2.22 bits per heavy atom. The molecule has 0 aliphatic heterocycles. The minimum atomic E-state index is -0.458. The number of thiol groups is 1. The largest absolute Gasteiger partial charge is 0.400 e. The molecule has 3 rings (SSSR count). The molecular weight excluding hydrogens is 423 g/mol. The lowest BCUT2D eigenvalue weighted by molar-refractivity contribution is 0.0765. The summed E-state index contributed by atoms with van der Waals surface area (Å²) in [6, 6.07) is 0. The minimum absolute atomic E-state index is 0.101. The first kappa shape index (κ1) is 31.6. The highest BCUT2D eigenvalue weighted by Gasteiger charge is 2.50. The van der Waals surface area contributed by atoms with Crippen LogP contribution in [0.2, 0.25) is 0 Å². The quantitative estimate of drug-likeness (QED) is 0.345. The first-order valence-corrected chi connectivity index (χ1v) is 12.9. The molecule has 0 amide bonds. The van der Waals surface area contributed by atoms with Crippen LogP contribution < -0.4 is 0 Å². The molecule has 3 fully saturated rings. The molecule has 0 bridgehead atoms. The molecule has 5 heteroatoms. The van der Waals surface area contributed by atoms with Gasteiger partial charge in [-0.2, -0.15) is 12.6 Å². The molecule has 3 aliphatic rings. The van der Waals surface area contributed by atoms with Crippen molar-refractivity contribution in [3.05, 3.63) is 23.3 Å². The van der Waals surface area contributed by atoms with Crippen molar-refractivity contribution < 1.29 is 19.7 Å². The Labute approximate surface area is 203 Å². The van der Waals surface area contributed by atoms with Gasteiger partial charge < -0.3 is 15.3 Å². The van der Waals surface area contributed by atoms with E-state index in [0.717, 1.165) is 44.6 Å². The molecule has 0 radical (unpaired) electrons. The number of aliphatic hydroxyl groups excluding tert-OH is 2. The summed E-state index contributed by atoms with van der Waals surface area (Å²) in [5.41, 5.74) is 3.14. The maximum atomic E-state index is 9.83. The van der Waals surface area contributed by atoms with Crippen molar-refractivity contribution in [1.29, 1.82) is 0 Å². The van der Waals surface area contributed by atoms with E-state index in [2.05, 4.69) is 26.0 Å². The molecule has 5 unspecified atom stereocenters. The van der Waals surface area contributed by atoms with Gasteiger partial charge in [-0.1, -0.05) is 44.1 Å². The summed E-state index contributed by atoms with van der Waals surface area (Å²) >= 11 is 4.78. The van der Waals surface area contributed by atoms with Gasteiger partial charge in [-0.3, -0.25) is 4.39 Å². The Hall–Kier alpha value is -0.360. The molecule has 3 N–H and O–H groups in total. The molecule has 32 heavy (non-hydrogen) atoms. The van der Waals surface area contributed by atoms with Gasteiger partial charge >= 0.3 is 0 Å². The lowest BCUT2D eigenvalue weighted by atomic mass is 9.63. The van der Waals surface area contributed by atoms with Gasteiger partial charge in [0.05, 0.1) is 18.9 Å². The first-order chi connectivity index (χ1) is 15.1. The lowest BCUT2D eigenvalue weighted by Crippen LogP contribution is -2.36. The molecule has 5 atom stereocenters. The molecule has 0 aromatic carbocycles. The van der Waals surface area contributed by atoms with E-state index >= 15 is 0 Å². The number of rotatable bonds is 3. The maximum Gasteiger partial charge on any atom is 0.0785 e. The second-order valence-electron chi connectivity index (χ2n) is 10.3. The first-order valence-electron chi connectivity index (χ1n) is 12.4. The lowest BCUT2D eigenvalue weighted by Gasteiger charge is -2.43. The van der Waals surface area contributed by atoms with Crippen LogP contribution in [0.1, 0.15) is 98.8 Å². The zero-order valence-corrected chi connectivity index (χ0v) is 22.6. The predicted octanol–water partition coefficient (Wildman–Crippen LogP) is 6.67. The van der Waals surface area contributed by atoms with Crippen molar-refractivity contribution >= 4 is 12.6 Å². The molecule has 0 aromatic heterocycles. The fourth-order valence-electron chi connectivity index (χ4n) is 5.52. The number of hydrogen-bond donors (Lipinski definition) is 4. The van der Waals surface area contributed by atoms with E-state index in [9.17, 15) is 9.50 Å². The summed E-state index contributed by atoms with van der Waals surface area (Å²) in [6.45, 7) is 10.4. The van der Waals surface area contributed by atoms with E-state index in [1.54, 1.807) is 19.4 Å². The third-order valence-electron chi connectivity index (χ3n) is 7.55. The Morgan fingerprint density at radius 1 is 1.12 bits per heavy atom. The van der Waals surface area contributed by atoms with Crippen LogP contribution in [0.5, 0.6) is 0 Å². The average Bonchev–Trinajstić information content (AvgIpc) is 3.13. The van der Waals surface area contributed by atoms with E-state index in [4.69, 9.17) is 22.8 Å². The van der Waals surface area contributed by atoms with Crippen molar-refractivity contribution in [1.82, 2.24) is 0 Å². The van der Waals surface area contributed by atoms with Gasteiger partial charge in [0.25, 0.3) is 0 Å². The van der Waals surface area contributed by atoms with E-state index in [1.165, 1.54) is 44.1 Å². The fourth-order valence-corrected chi connectivity index (χ4v) is 6.01. The Bertz CT molecular complexity index is 568. The molecule has 190 valence electrons. The number of hydrogen-bond acceptors (Lipinski definition) is 4. The normalized spacial score (nSPS) is 33.1. The van der Waals surface area contributed by atoms with Crippen LogP contribution in [0, 0.1) is 17.3 Å². The summed E-state index contributed by atoms with van der Waals surface area (Å²) in [5, 5.41) is 26.2. The zero-order valence-electron chi connectivity index (χ0n) is 21.7. The van der Waals surface area contributed by atoms with E-state index in [-0.39, 0.29) is 6.10 Å². The second-order valence-corrected chi connectivity index (χ2v) is 11.1. The van der Waals surface area contributed by atoms with Crippen LogP contribution in [-0.4, -0.2) is 46.6 Å². The van der Waals surface area contributed by atoms with Crippen molar-refractivity contribution in [2.75, 3.05) is 14.3 Å². The topological polar surface area (TPSA) is 60.7 Å². The minimum Gasteiger partial charge on any atom is -0.400 e. The van der Waals surface area contributed by atoms with Gasteiger partial charge in [0.2, 0.25) is 0 Å². The molecule has 0 spiro atoms. The molecule has 3 saturated carbocycles. The second kappa shape index (κ2) is 15.5. The molecule has 0 heterocycles. The summed E-state index contributed by atoms with van der Waals surface area (Å²) in [5.74, 6) is 1.54. The number of halogens is 1. The number of aliphatic hydroxyl groups is 3. The summed E-state index contributed by atoms with van der Waals surface area (Å²) in [7, 11) is 1.50. The zero-order chi connectivity index (χ0) is 24.9. The maximum absolute atomic E-state index is 9.83. The molecule has 3 aliphatic carbocycles. The smallest absolute Gasteiger partial charge is 0.0785 e. The Morgan fingerprint density at radius 2 is 1.72 bits per heavy atom. The summed E-state index contributed by atoms with van der Waals surface area (Å²) < 4.78 is 9.50. The highest BCUT2D eigenvalue weighted by molar-refractivity contribution is 7.80. The van der Waals surface area contributed by atoms with Crippen LogP contribution in [0.4, 0.5) is 4.39 Å². The van der Waals surface area contributed by atoms with E-state index in [1.807, 2.05) is 6.92 Å². The van der Waals surface area contributed by atoms with Crippen LogP contribution in [0.25, 0.3) is 0 Å². The van der Waals surface area contributed by atoms with Crippen molar-refractivity contribution in [2.45, 2.75) is 116 Å². The summed E-state index contributed by atoms with van der Waals surface area (Å²) in [4.78, 5) is 0. The standard InChI is InChI=1S/C20H32OS.C5H12O.CH3F.CH4O/c1-14(22)18-10-11-19-16(6-4-12-20(18,19)2)9-8-15-5-3-7-17(21)13-15;1-4-5(2,3)6;2*1-2/h8-9,14,17-19,21-22H,3-7,10-13H2,1-2H3;6H,4H2,1-3H3;1H3;2H,1H3/b15-8-,16-9+;;;. The highest BCUT2D eigenvalue weighted by Crippen LogP contribution is 2.58. The van der Waals surface area contributed by atoms with Crippen LogP contribution in [0.15, 0.2) is 23.3 Å². The predicted molar refractivity (Wildman–Crippen MR) is 139 cm³/mol. The van der Waals surface area contributed by atoms with Crippen LogP contribution in [0.3, 0.4) is 0 Å². The van der Waals surface area contributed by atoms with Crippen molar-refractivity contribution in [3.63, 3.8) is 0 Å². The van der Waals surface area contributed by atoms with E-state index < -0.39 is 5.60 Å². The van der Waals surface area contributed by atoms with Crippen molar-refractivity contribution in [3.8, 4) is 0 Å².